The minimum atomic E-state index is -0.433. The molecule has 3 heterocycles. The van der Waals surface area contributed by atoms with Crippen LogP contribution in [0.3, 0.4) is 0 Å². The lowest BCUT2D eigenvalue weighted by Crippen LogP contribution is -2.18. The molecule has 1 saturated heterocycles. The zero-order chi connectivity index (χ0) is 24.9. The van der Waals surface area contributed by atoms with Crippen molar-refractivity contribution in [1.29, 1.82) is 0 Å². The summed E-state index contributed by atoms with van der Waals surface area (Å²) in [5.41, 5.74) is 4.89. The molecule has 0 aliphatic carbocycles. The zero-order valence-electron chi connectivity index (χ0n) is 19.7. The van der Waals surface area contributed by atoms with Crippen molar-refractivity contribution in [3.63, 3.8) is 0 Å². The first-order valence-electron chi connectivity index (χ1n) is 11.9. The molecule has 0 saturated carbocycles. The van der Waals surface area contributed by atoms with Crippen molar-refractivity contribution in [3.8, 4) is 22.5 Å². The van der Waals surface area contributed by atoms with Crippen molar-refractivity contribution in [2.24, 2.45) is 0 Å². The number of benzene rings is 2. The number of nitro groups is 1. The maximum Gasteiger partial charge on any atom is 0.269 e. The Morgan fingerprint density at radius 3 is 2.64 bits per heavy atom. The van der Waals surface area contributed by atoms with Gasteiger partial charge in [-0.25, -0.2) is 9.97 Å². The van der Waals surface area contributed by atoms with E-state index in [1.165, 1.54) is 30.5 Å². The number of aliphatic hydroxyl groups is 1. The lowest BCUT2D eigenvalue weighted by molar-refractivity contribution is -0.384. The summed E-state index contributed by atoms with van der Waals surface area (Å²) in [7, 11) is 0. The Morgan fingerprint density at radius 2 is 1.89 bits per heavy atom. The van der Waals surface area contributed by atoms with Crippen LogP contribution in [0.2, 0.25) is 0 Å². The molecule has 1 aliphatic rings. The Kier molecular flexibility index (Phi) is 6.96. The van der Waals surface area contributed by atoms with E-state index in [0.717, 1.165) is 36.4 Å². The summed E-state index contributed by atoms with van der Waals surface area (Å²) in [5, 5.41) is 28.4. The molecule has 1 fully saturated rings. The first-order chi connectivity index (χ1) is 17.6. The number of aromatic nitrogens is 4. The number of nitro benzene ring substituents is 1. The summed E-state index contributed by atoms with van der Waals surface area (Å²) in [4.78, 5) is 22.2. The molecule has 0 atom stereocenters. The fourth-order valence-corrected chi connectivity index (χ4v) is 4.42. The highest BCUT2D eigenvalue weighted by atomic mass is 16.6. The second-order valence-corrected chi connectivity index (χ2v) is 8.76. The summed E-state index contributed by atoms with van der Waals surface area (Å²) in [5.74, 6) is 0.454. The first kappa shape index (κ1) is 23.6. The highest BCUT2D eigenvalue weighted by molar-refractivity contribution is 5.79. The van der Waals surface area contributed by atoms with Crippen molar-refractivity contribution < 1.29 is 10.0 Å². The zero-order valence-corrected chi connectivity index (χ0v) is 19.7. The van der Waals surface area contributed by atoms with Crippen LogP contribution >= 0.6 is 0 Å². The van der Waals surface area contributed by atoms with Gasteiger partial charge in [0.25, 0.3) is 5.69 Å². The van der Waals surface area contributed by atoms with Crippen LogP contribution in [0.25, 0.3) is 22.5 Å². The molecular weight excluding hydrogens is 458 g/mol. The normalized spacial score (nSPS) is 13.7. The maximum absolute atomic E-state index is 11.1. The molecule has 0 radical (unpaired) electrons. The van der Waals surface area contributed by atoms with Gasteiger partial charge < -0.3 is 10.4 Å². The van der Waals surface area contributed by atoms with E-state index in [4.69, 9.17) is 4.98 Å². The van der Waals surface area contributed by atoms with E-state index in [9.17, 15) is 15.2 Å². The summed E-state index contributed by atoms with van der Waals surface area (Å²) in [6.45, 7) is 3.47. The van der Waals surface area contributed by atoms with Crippen LogP contribution in [-0.4, -0.2) is 54.4 Å². The molecule has 184 valence electrons. The van der Waals surface area contributed by atoms with Gasteiger partial charge in [0, 0.05) is 47.9 Å². The molecule has 0 unspecified atom stereocenters. The van der Waals surface area contributed by atoms with Crippen molar-refractivity contribution in [3.05, 3.63) is 82.7 Å². The molecule has 36 heavy (non-hydrogen) atoms. The highest BCUT2D eigenvalue weighted by Gasteiger charge is 2.17. The number of likely N-dealkylation sites (tertiary alicyclic amines) is 1. The summed E-state index contributed by atoms with van der Waals surface area (Å²) >= 11 is 0. The molecule has 0 bridgehead atoms. The Hall–Kier alpha value is -4.15. The van der Waals surface area contributed by atoms with Gasteiger partial charge in [-0.15, -0.1) is 0 Å². The van der Waals surface area contributed by atoms with E-state index in [1.54, 1.807) is 29.1 Å². The van der Waals surface area contributed by atoms with Gasteiger partial charge in [-0.2, -0.15) is 5.10 Å². The Balaban J connectivity index is 1.42. The second kappa shape index (κ2) is 10.6. The van der Waals surface area contributed by atoms with Gasteiger partial charge >= 0.3 is 0 Å². The molecule has 0 amide bonds. The number of nitrogens with zero attached hydrogens (tertiary/aromatic N) is 6. The van der Waals surface area contributed by atoms with E-state index < -0.39 is 4.92 Å². The smallest absolute Gasteiger partial charge is 0.269 e. The molecule has 10 heteroatoms. The fraction of sp³-hybridized carbons (Fsp3) is 0.269. The minimum absolute atomic E-state index is 0.00979. The van der Waals surface area contributed by atoms with Crippen LogP contribution in [-0.2, 0) is 13.1 Å². The topological polar surface area (TPSA) is 122 Å². The third-order valence-corrected chi connectivity index (χ3v) is 6.16. The predicted octanol–water partition coefficient (Wildman–Crippen LogP) is 4.25. The van der Waals surface area contributed by atoms with E-state index >= 15 is 0 Å². The molecule has 2 aromatic carbocycles. The number of rotatable bonds is 9. The van der Waals surface area contributed by atoms with Gasteiger partial charge in [-0.3, -0.25) is 19.7 Å². The summed E-state index contributed by atoms with van der Waals surface area (Å²) < 4.78 is 1.64. The third-order valence-electron chi connectivity index (χ3n) is 6.16. The van der Waals surface area contributed by atoms with E-state index in [-0.39, 0.29) is 12.3 Å². The molecule has 1 aliphatic heterocycles. The Bertz CT molecular complexity index is 1350. The SMILES string of the molecule is O=[N+]([O-])c1ccc(-c2nn(CCO)cc2-c2ccnc(Nc3cccc(CN4CCCC4)c3)n2)cc1. The lowest BCUT2D eigenvalue weighted by Gasteiger charge is -2.15. The average molecular weight is 486 g/mol. The van der Waals surface area contributed by atoms with Gasteiger partial charge in [0.1, 0.15) is 5.69 Å². The summed E-state index contributed by atoms with van der Waals surface area (Å²) in [6.07, 6.45) is 6.02. The van der Waals surface area contributed by atoms with Gasteiger partial charge in [-0.05, 0) is 61.8 Å². The van der Waals surface area contributed by atoms with Crippen LogP contribution in [0.1, 0.15) is 18.4 Å². The number of nitrogens with one attached hydrogen (secondary N) is 1. The second-order valence-electron chi connectivity index (χ2n) is 8.76. The van der Waals surface area contributed by atoms with Crippen molar-refractivity contribution in [2.75, 3.05) is 25.0 Å². The molecule has 4 aromatic rings. The summed E-state index contributed by atoms with van der Waals surface area (Å²) in [6, 6.07) is 16.3. The molecule has 10 nitrogen and oxygen atoms in total. The van der Waals surface area contributed by atoms with Gasteiger partial charge in [0.15, 0.2) is 0 Å². The number of hydrogen-bond donors (Lipinski definition) is 2. The number of aliphatic hydroxyl groups excluding tert-OH is 1. The Morgan fingerprint density at radius 1 is 1.08 bits per heavy atom. The molecular formula is C26H27N7O3. The monoisotopic (exact) mass is 485 g/mol. The number of hydrogen-bond acceptors (Lipinski definition) is 8. The van der Waals surface area contributed by atoms with Crippen LogP contribution in [0.5, 0.6) is 0 Å². The quantitative estimate of drug-likeness (QED) is 0.267. The molecule has 2 aromatic heterocycles. The van der Waals surface area contributed by atoms with E-state index in [0.29, 0.717) is 23.9 Å². The lowest BCUT2D eigenvalue weighted by atomic mass is 10.1. The van der Waals surface area contributed by atoms with Gasteiger partial charge in [0.2, 0.25) is 5.95 Å². The van der Waals surface area contributed by atoms with Gasteiger partial charge in [-0.1, -0.05) is 12.1 Å². The largest absolute Gasteiger partial charge is 0.394 e. The molecule has 5 rings (SSSR count). The third kappa shape index (κ3) is 5.40. The van der Waals surface area contributed by atoms with Gasteiger partial charge in [0.05, 0.1) is 23.8 Å². The van der Waals surface area contributed by atoms with Crippen molar-refractivity contribution in [2.45, 2.75) is 25.9 Å². The fourth-order valence-electron chi connectivity index (χ4n) is 4.42. The van der Waals surface area contributed by atoms with Crippen LogP contribution in [0.4, 0.5) is 17.3 Å². The number of anilines is 2. The van der Waals surface area contributed by atoms with E-state index in [2.05, 4.69) is 32.4 Å². The average Bonchev–Trinajstić information content (AvgIpc) is 3.55. The Labute approximate surface area is 208 Å². The van der Waals surface area contributed by atoms with Crippen LogP contribution < -0.4 is 5.32 Å². The van der Waals surface area contributed by atoms with Crippen LogP contribution in [0, 0.1) is 10.1 Å². The molecule has 0 spiro atoms. The van der Waals surface area contributed by atoms with Crippen LogP contribution in [0.15, 0.2) is 67.0 Å². The maximum atomic E-state index is 11.1. The first-order valence-corrected chi connectivity index (χ1v) is 11.9. The number of non-ortho nitro benzene ring substituents is 1. The standard InChI is InChI=1S/C26H27N7O3/c34-15-14-32-18-23(25(30-32)20-6-8-22(9-7-20)33(35)36)24-10-11-27-26(29-24)28-21-5-3-4-19(16-21)17-31-12-1-2-13-31/h3-11,16,18,34H,1-2,12-15,17H2,(H,27,28,29). The van der Waals surface area contributed by atoms with Crippen molar-refractivity contribution in [1.82, 2.24) is 24.6 Å². The predicted molar refractivity (Wildman–Crippen MR) is 137 cm³/mol. The van der Waals surface area contributed by atoms with E-state index in [1.807, 2.05) is 18.3 Å². The minimum Gasteiger partial charge on any atom is -0.394 e. The van der Waals surface area contributed by atoms with Crippen molar-refractivity contribution >= 4 is 17.3 Å². The highest BCUT2D eigenvalue weighted by Crippen LogP contribution is 2.31. The molecule has 2 N–H and O–H groups in total.